The molecule has 4 heteroatoms. The van der Waals surface area contributed by atoms with Crippen molar-refractivity contribution in [3.05, 3.63) is 52.9 Å². The number of rotatable bonds is 4. The molecule has 0 amide bonds. The van der Waals surface area contributed by atoms with Crippen LogP contribution >= 0.6 is 23.1 Å². The van der Waals surface area contributed by atoms with Crippen molar-refractivity contribution in [2.75, 3.05) is 0 Å². The maximum absolute atomic E-state index is 4.55. The van der Waals surface area contributed by atoms with E-state index in [0.29, 0.717) is 0 Å². The average molecular weight is 326 g/mol. The fourth-order valence-electron chi connectivity index (χ4n) is 2.46. The van der Waals surface area contributed by atoms with Gasteiger partial charge in [-0.3, -0.25) is 0 Å². The van der Waals surface area contributed by atoms with Gasteiger partial charge in [-0.1, -0.05) is 37.3 Å². The Morgan fingerprint density at radius 1 is 1.14 bits per heavy atom. The summed E-state index contributed by atoms with van der Waals surface area (Å²) in [6, 6.07) is 8.67. The molecule has 0 saturated carbocycles. The van der Waals surface area contributed by atoms with Gasteiger partial charge in [0.05, 0.1) is 11.7 Å². The van der Waals surface area contributed by atoms with Gasteiger partial charge in [-0.2, -0.15) is 8.75 Å². The first-order valence-electron chi connectivity index (χ1n) is 7.40. The molecule has 1 aromatic carbocycles. The zero-order valence-corrected chi connectivity index (χ0v) is 14.6. The summed E-state index contributed by atoms with van der Waals surface area (Å²) >= 11 is 3.09. The Kier molecular flexibility index (Phi) is 4.50. The van der Waals surface area contributed by atoms with Gasteiger partial charge in [0.2, 0.25) is 0 Å². The van der Waals surface area contributed by atoms with Crippen molar-refractivity contribution in [3.8, 4) is 10.4 Å². The van der Waals surface area contributed by atoms with Crippen molar-refractivity contribution >= 4 is 39.7 Å². The topological polar surface area (TPSA) is 25.8 Å². The van der Waals surface area contributed by atoms with E-state index >= 15 is 0 Å². The number of hydrogen-bond donors (Lipinski definition) is 0. The Labute approximate surface area is 139 Å². The lowest BCUT2D eigenvalue weighted by atomic mass is 10.00. The molecule has 0 radical (unpaired) electrons. The lowest BCUT2D eigenvalue weighted by Crippen LogP contribution is -1.86. The van der Waals surface area contributed by atoms with E-state index in [9.17, 15) is 0 Å². The average Bonchev–Trinajstić information content (AvgIpc) is 3.17. The van der Waals surface area contributed by atoms with Gasteiger partial charge >= 0.3 is 0 Å². The van der Waals surface area contributed by atoms with Crippen LogP contribution in [0.15, 0.2) is 42.5 Å². The molecule has 0 atom stereocenters. The van der Waals surface area contributed by atoms with Gasteiger partial charge in [-0.25, -0.2) is 0 Å². The zero-order chi connectivity index (χ0) is 15.5. The Morgan fingerprint density at radius 3 is 2.64 bits per heavy atom. The number of benzene rings is 1. The fraction of sp³-hybridized carbons (Fsp3) is 0.222. The van der Waals surface area contributed by atoms with Gasteiger partial charge in [0.15, 0.2) is 0 Å². The first-order chi connectivity index (χ1) is 10.7. The molecule has 2 aromatic heterocycles. The molecule has 0 N–H and O–H groups in total. The molecule has 3 aromatic rings. The Bertz CT molecular complexity index is 853. The standard InChI is InChI=1S/C18H18N2S2/c1-4-6-7-13(5-2)14-9-10-15(16-11-8-12(3)21-16)18-17(14)19-22-20-18/h5-11H,4H2,1-3H3/b7-6-,13-5+. The number of aryl methyl sites for hydroxylation is 1. The molecule has 0 unspecified atom stereocenters. The molecule has 112 valence electrons. The number of allylic oxidation sites excluding steroid dienone is 4. The van der Waals surface area contributed by atoms with Crippen LogP contribution < -0.4 is 0 Å². The predicted octanol–water partition coefficient (Wildman–Crippen LogP) is 6.10. The fourth-order valence-corrected chi connectivity index (χ4v) is 3.93. The van der Waals surface area contributed by atoms with Gasteiger partial charge in [-0.05, 0) is 38.0 Å². The summed E-state index contributed by atoms with van der Waals surface area (Å²) in [5.41, 5.74) is 5.55. The third kappa shape index (κ3) is 2.76. The molecule has 2 nitrogen and oxygen atoms in total. The van der Waals surface area contributed by atoms with Gasteiger partial charge in [0.1, 0.15) is 11.0 Å². The third-order valence-corrected chi connectivity index (χ3v) is 5.14. The van der Waals surface area contributed by atoms with Crippen LogP contribution in [0.5, 0.6) is 0 Å². The molecule has 2 heterocycles. The summed E-state index contributed by atoms with van der Waals surface area (Å²) in [5.74, 6) is 0. The van der Waals surface area contributed by atoms with Crippen LogP contribution in [0.2, 0.25) is 0 Å². The van der Waals surface area contributed by atoms with Crippen LogP contribution in [0.25, 0.3) is 27.0 Å². The summed E-state index contributed by atoms with van der Waals surface area (Å²) in [6.07, 6.45) is 7.51. The van der Waals surface area contributed by atoms with Gasteiger partial charge in [0, 0.05) is 20.9 Å². The van der Waals surface area contributed by atoms with Crippen LogP contribution in [-0.2, 0) is 0 Å². The highest BCUT2D eigenvalue weighted by Crippen LogP contribution is 2.36. The number of hydrogen-bond acceptors (Lipinski definition) is 4. The maximum atomic E-state index is 4.55. The maximum Gasteiger partial charge on any atom is 0.114 e. The molecule has 0 spiro atoms. The molecule has 0 aliphatic rings. The summed E-state index contributed by atoms with van der Waals surface area (Å²) in [6.45, 7) is 6.34. The van der Waals surface area contributed by atoms with Gasteiger partial charge < -0.3 is 0 Å². The number of nitrogens with zero attached hydrogens (tertiary/aromatic N) is 2. The summed E-state index contributed by atoms with van der Waals surface area (Å²) < 4.78 is 9.10. The minimum absolute atomic E-state index is 1.00. The highest BCUT2D eigenvalue weighted by Gasteiger charge is 2.14. The van der Waals surface area contributed by atoms with Crippen molar-refractivity contribution < 1.29 is 0 Å². The summed E-state index contributed by atoms with van der Waals surface area (Å²) in [4.78, 5) is 2.57. The van der Waals surface area contributed by atoms with Gasteiger partial charge in [0.25, 0.3) is 0 Å². The van der Waals surface area contributed by atoms with Crippen molar-refractivity contribution in [1.29, 1.82) is 0 Å². The third-order valence-electron chi connectivity index (χ3n) is 3.58. The smallest absolute Gasteiger partial charge is 0.114 e. The first-order valence-corrected chi connectivity index (χ1v) is 8.94. The minimum atomic E-state index is 1.00. The van der Waals surface area contributed by atoms with Crippen LogP contribution in [0.1, 0.15) is 30.7 Å². The predicted molar refractivity (Wildman–Crippen MR) is 98.5 cm³/mol. The molecule has 0 aliphatic heterocycles. The quantitative estimate of drug-likeness (QED) is 0.541. The highest BCUT2D eigenvalue weighted by atomic mass is 32.1. The second kappa shape index (κ2) is 6.55. The minimum Gasteiger partial charge on any atom is -0.172 e. The van der Waals surface area contributed by atoms with Crippen LogP contribution in [0.3, 0.4) is 0 Å². The molecule has 0 bridgehead atoms. The largest absolute Gasteiger partial charge is 0.172 e. The van der Waals surface area contributed by atoms with E-state index in [1.54, 1.807) is 11.3 Å². The van der Waals surface area contributed by atoms with E-state index < -0.39 is 0 Å². The normalized spacial score (nSPS) is 12.6. The lowest BCUT2D eigenvalue weighted by molar-refractivity contribution is 1.22. The second-order valence-electron chi connectivity index (χ2n) is 5.09. The zero-order valence-electron chi connectivity index (χ0n) is 13.0. The molecule has 0 saturated heterocycles. The monoisotopic (exact) mass is 326 g/mol. The van der Waals surface area contributed by atoms with E-state index in [1.807, 2.05) is 0 Å². The lowest BCUT2D eigenvalue weighted by Gasteiger charge is -2.06. The van der Waals surface area contributed by atoms with E-state index in [-0.39, 0.29) is 0 Å². The van der Waals surface area contributed by atoms with Gasteiger partial charge in [-0.15, -0.1) is 11.3 Å². The Hall–Kier alpha value is -1.78. The Morgan fingerprint density at radius 2 is 1.95 bits per heavy atom. The van der Waals surface area contributed by atoms with E-state index in [4.69, 9.17) is 0 Å². The van der Waals surface area contributed by atoms with Crippen LogP contribution in [0.4, 0.5) is 0 Å². The van der Waals surface area contributed by atoms with Crippen molar-refractivity contribution in [3.63, 3.8) is 0 Å². The molecule has 0 fully saturated rings. The molecule has 22 heavy (non-hydrogen) atoms. The second-order valence-corrected chi connectivity index (χ2v) is 6.90. The SMILES string of the molecule is C/C=C(\C=C/CC)c1ccc(-c2ccc(C)s2)c2nsnc12. The molecular weight excluding hydrogens is 308 g/mol. The van der Waals surface area contributed by atoms with Crippen molar-refractivity contribution in [2.45, 2.75) is 27.2 Å². The number of thiophene rings is 1. The van der Waals surface area contributed by atoms with Crippen LogP contribution in [-0.4, -0.2) is 8.75 Å². The van der Waals surface area contributed by atoms with Crippen LogP contribution in [0, 0.1) is 6.92 Å². The Balaban J connectivity index is 2.17. The molecular formula is C18H18N2S2. The van der Waals surface area contributed by atoms with E-state index in [0.717, 1.165) is 23.0 Å². The summed E-state index contributed by atoms with van der Waals surface area (Å²) in [7, 11) is 0. The van der Waals surface area contributed by atoms with E-state index in [2.05, 4.69) is 72.0 Å². The number of fused-ring (bicyclic) bond motifs is 1. The van der Waals surface area contributed by atoms with Crippen molar-refractivity contribution in [2.24, 2.45) is 0 Å². The molecule has 0 aliphatic carbocycles. The number of aromatic nitrogens is 2. The molecule has 3 rings (SSSR count). The first kappa shape index (κ1) is 15.1. The van der Waals surface area contributed by atoms with Crippen molar-refractivity contribution in [1.82, 2.24) is 8.75 Å². The van der Waals surface area contributed by atoms with E-state index in [1.165, 1.54) is 32.6 Å². The highest BCUT2D eigenvalue weighted by molar-refractivity contribution is 7.15. The summed E-state index contributed by atoms with van der Waals surface area (Å²) in [5, 5.41) is 0.